The SMILES string of the molecule is CC(C)n1cc[n+](CCCCCC[n+]2ccn(C(C)C)c2)c1.[I-].[I-]. The normalized spacial score (nSPS) is 10.8. The molecule has 0 aliphatic heterocycles. The third-order valence-electron chi connectivity index (χ3n) is 4.20. The van der Waals surface area contributed by atoms with Crippen LogP contribution in [0.3, 0.4) is 0 Å². The number of halogens is 2. The van der Waals surface area contributed by atoms with E-state index in [9.17, 15) is 0 Å². The second-order valence-corrected chi connectivity index (χ2v) is 6.80. The van der Waals surface area contributed by atoms with E-state index < -0.39 is 0 Å². The van der Waals surface area contributed by atoms with Crippen molar-refractivity contribution in [1.82, 2.24) is 9.13 Å². The number of unbranched alkanes of at least 4 members (excludes halogenated alkanes) is 3. The number of rotatable bonds is 9. The predicted molar refractivity (Wildman–Crippen MR) is 88.5 cm³/mol. The Balaban J connectivity index is 0.00000264. The third kappa shape index (κ3) is 7.84. The van der Waals surface area contributed by atoms with Gasteiger partial charge in [-0.3, -0.25) is 0 Å². The van der Waals surface area contributed by atoms with Gasteiger partial charge in [-0.25, -0.2) is 18.3 Å². The Morgan fingerprint density at radius 3 is 1.33 bits per heavy atom. The molecule has 4 nitrogen and oxygen atoms in total. The smallest absolute Gasteiger partial charge is 0.243 e. The summed E-state index contributed by atoms with van der Waals surface area (Å²) < 4.78 is 9.13. The van der Waals surface area contributed by atoms with Gasteiger partial charge in [0.1, 0.15) is 24.8 Å². The van der Waals surface area contributed by atoms with Gasteiger partial charge in [0, 0.05) is 0 Å². The first-order chi connectivity index (χ1) is 10.6. The maximum Gasteiger partial charge on any atom is 0.243 e. The summed E-state index contributed by atoms with van der Waals surface area (Å²) >= 11 is 0. The topological polar surface area (TPSA) is 17.6 Å². The Morgan fingerprint density at radius 1 is 0.667 bits per heavy atom. The minimum atomic E-state index is 0. The second kappa shape index (κ2) is 12.3. The number of imidazole rings is 2. The van der Waals surface area contributed by atoms with Crippen LogP contribution in [-0.2, 0) is 13.1 Å². The fourth-order valence-electron chi connectivity index (χ4n) is 2.64. The van der Waals surface area contributed by atoms with Crippen molar-refractivity contribution in [2.75, 3.05) is 0 Å². The lowest BCUT2D eigenvalue weighted by Crippen LogP contribution is -3.00. The summed E-state index contributed by atoms with van der Waals surface area (Å²) in [5, 5.41) is 0. The molecule has 138 valence electrons. The van der Waals surface area contributed by atoms with E-state index >= 15 is 0 Å². The van der Waals surface area contributed by atoms with Gasteiger partial charge in [-0.15, -0.1) is 0 Å². The quantitative estimate of drug-likeness (QED) is 0.181. The Morgan fingerprint density at radius 2 is 1.04 bits per heavy atom. The predicted octanol–water partition coefficient (Wildman–Crippen LogP) is -2.70. The molecule has 0 fully saturated rings. The summed E-state index contributed by atoms with van der Waals surface area (Å²) in [5.41, 5.74) is 0. The van der Waals surface area contributed by atoms with E-state index in [1.54, 1.807) is 0 Å². The van der Waals surface area contributed by atoms with Crippen molar-refractivity contribution in [3.63, 3.8) is 0 Å². The van der Waals surface area contributed by atoms with Crippen molar-refractivity contribution in [1.29, 1.82) is 0 Å². The van der Waals surface area contributed by atoms with Gasteiger partial charge in [-0.2, -0.15) is 0 Å². The fraction of sp³-hybridized carbons (Fsp3) is 0.667. The molecule has 2 rings (SSSR count). The zero-order chi connectivity index (χ0) is 15.9. The number of aromatic nitrogens is 4. The van der Waals surface area contributed by atoms with E-state index in [1.165, 1.54) is 25.7 Å². The standard InChI is InChI=1S/C18H32N4.2HI/c1-17(2)21-13-11-19(15-21)9-7-5-6-8-10-20-12-14-22(16-20)18(3)4;;/h11-18H,5-10H2,1-4H3;2*1H/q+2;;/p-2. The van der Waals surface area contributed by atoms with Crippen LogP contribution in [0.15, 0.2) is 37.4 Å². The van der Waals surface area contributed by atoms with Crippen LogP contribution in [0, 0.1) is 0 Å². The van der Waals surface area contributed by atoms with Gasteiger partial charge in [0.05, 0.1) is 25.2 Å². The van der Waals surface area contributed by atoms with E-state index in [2.05, 4.69) is 83.4 Å². The van der Waals surface area contributed by atoms with Crippen molar-refractivity contribution in [2.24, 2.45) is 0 Å². The molecule has 0 amide bonds. The lowest BCUT2D eigenvalue weighted by molar-refractivity contribution is -0.698. The molecule has 0 aliphatic carbocycles. The number of hydrogen-bond acceptors (Lipinski definition) is 0. The Bertz CT molecular complexity index is 511. The third-order valence-corrected chi connectivity index (χ3v) is 4.20. The molecule has 24 heavy (non-hydrogen) atoms. The zero-order valence-corrected chi connectivity index (χ0v) is 19.7. The summed E-state index contributed by atoms with van der Waals surface area (Å²) in [4.78, 5) is 0. The molecule has 0 saturated carbocycles. The van der Waals surface area contributed by atoms with Crippen molar-refractivity contribution in [3.05, 3.63) is 37.4 Å². The average molecular weight is 558 g/mol. The highest BCUT2D eigenvalue weighted by molar-refractivity contribution is 4.70. The molecular weight excluding hydrogens is 526 g/mol. The molecule has 2 aromatic rings. The van der Waals surface area contributed by atoms with Gasteiger partial charge in [0.25, 0.3) is 0 Å². The molecule has 0 spiro atoms. The largest absolute Gasteiger partial charge is 1.00 e. The van der Waals surface area contributed by atoms with E-state index in [-0.39, 0.29) is 48.0 Å². The summed E-state index contributed by atoms with van der Waals surface area (Å²) in [7, 11) is 0. The summed E-state index contributed by atoms with van der Waals surface area (Å²) in [6.07, 6.45) is 18.3. The van der Waals surface area contributed by atoms with Crippen molar-refractivity contribution in [3.8, 4) is 0 Å². The van der Waals surface area contributed by atoms with Gasteiger partial charge < -0.3 is 48.0 Å². The highest BCUT2D eigenvalue weighted by atomic mass is 127. The first-order valence-corrected chi connectivity index (χ1v) is 8.69. The maximum absolute atomic E-state index is 2.30. The van der Waals surface area contributed by atoms with Crippen molar-refractivity contribution >= 4 is 0 Å². The van der Waals surface area contributed by atoms with Crippen LogP contribution in [0.2, 0.25) is 0 Å². The molecule has 2 heterocycles. The number of nitrogens with zero attached hydrogens (tertiary/aromatic N) is 4. The summed E-state index contributed by atoms with van der Waals surface area (Å²) in [6.45, 7) is 11.1. The van der Waals surface area contributed by atoms with Gasteiger partial charge in [0.15, 0.2) is 0 Å². The van der Waals surface area contributed by atoms with Crippen LogP contribution < -0.4 is 57.1 Å². The molecule has 0 radical (unpaired) electrons. The molecule has 0 saturated heterocycles. The number of aryl methyl sites for hydroxylation is 2. The summed E-state index contributed by atoms with van der Waals surface area (Å²) in [6, 6.07) is 1.10. The van der Waals surface area contributed by atoms with Crippen LogP contribution in [0.1, 0.15) is 65.5 Å². The second-order valence-electron chi connectivity index (χ2n) is 6.80. The van der Waals surface area contributed by atoms with Crippen LogP contribution in [0.4, 0.5) is 0 Å². The molecule has 0 aliphatic rings. The van der Waals surface area contributed by atoms with Crippen molar-refractivity contribution < 1.29 is 57.1 Å². The highest BCUT2D eigenvalue weighted by Gasteiger charge is 2.07. The first-order valence-electron chi connectivity index (χ1n) is 8.69. The molecule has 2 aromatic heterocycles. The molecule has 0 N–H and O–H groups in total. The highest BCUT2D eigenvalue weighted by Crippen LogP contribution is 2.04. The van der Waals surface area contributed by atoms with Gasteiger partial charge in [-0.05, 0) is 53.4 Å². The fourth-order valence-corrected chi connectivity index (χ4v) is 2.64. The minimum Gasteiger partial charge on any atom is -1.00 e. The average Bonchev–Trinajstić information content (AvgIpc) is 3.12. The maximum atomic E-state index is 2.30. The van der Waals surface area contributed by atoms with Gasteiger partial charge in [-0.1, -0.05) is 0 Å². The molecule has 0 unspecified atom stereocenters. The van der Waals surface area contributed by atoms with Crippen LogP contribution in [0.25, 0.3) is 0 Å². The minimum absolute atomic E-state index is 0. The van der Waals surface area contributed by atoms with E-state index in [0.717, 1.165) is 13.1 Å². The summed E-state index contributed by atoms with van der Waals surface area (Å²) in [5.74, 6) is 0. The zero-order valence-electron chi connectivity index (χ0n) is 15.4. The van der Waals surface area contributed by atoms with Crippen LogP contribution >= 0.6 is 0 Å². The van der Waals surface area contributed by atoms with Crippen LogP contribution in [0.5, 0.6) is 0 Å². The molecule has 0 atom stereocenters. The van der Waals surface area contributed by atoms with E-state index in [1.807, 2.05) is 0 Å². The van der Waals surface area contributed by atoms with Gasteiger partial charge >= 0.3 is 0 Å². The Hall–Kier alpha value is -0.120. The van der Waals surface area contributed by atoms with Crippen molar-refractivity contribution in [2.45, 2.75) is 78.6 Å². The first kappa shape index (κ1) is 23.9. The Labute approximate surface area is 181 Å². The molecule has 0 aromatic carbocycles. The van der Waals surface area contributed by atoms with E-state index in [4.69, 9.17) is 0 Å². The number of hydrogen-bond donors (Lipinski definition) is 0. The monoisotopic (exact) mass is 558 g/mol. The molecule has 0 bridgehead atoms. The van der Waals surface area contributed by atoms with Crippen LogP contribution in [-0.4, -0.2) is 9.13 Å². The lowest BCUT2D eigenvalue weighted by atomic mass is 10.2. The lowest BCUT2D eigenvalue weighted by Gasteiger charge is -2.00. The molecule has 6 heteroatoms. The Kier molecular flexibility index (Phi) is 12.2. The van der Waals surface area contributed by atoms with Gasteiger partial charge in [0.2, 0.25) is 12.7 Å². The molecular formula is C18H32I2N4. The van der Waals surface area contributed by atoms with E-state index in [0.29, 0.717) is 12.1 Å².